The fourth-order valence-electron chi connectivity index (χ4n) is 2.84. The summed E-state index contributed by atoms with van der Waals surface area (Å²) in [7, 11) is 0. The Kier molecular flexibility index (Phi) is 3.98. The average Bonchev–Trinajstić information content (AvgIpc) is 2.94. The second-order valence-corrected chi connectivity index (χ2v) is 5.70. The highest BCUT2D eigenvalue weighted by Gasteiger charge is 2.23. The van der Waals surface area contributed by atoms with Crippen molar-refractivity contribution >= 4 is 0 Å². The minimum absolute atomic E-state index is 0.163. The molecule has 2 unspecified atom stereocenters. The summed E-state index contributed by atoms with van der Waals surface area (Å²) in [6.45, 7) is 5.50. The minimum atomic E-state index is -0.300. The molecule has 1 aliphatic rings. The highest BCUT2D eigenvalue weighted by atomic mass is 19.1. The number of nitrogens with two attached hydrogens (primary N) is 1. The van der Waals surface area contributed by atoms with Crippen LogP contribution in [0.25, 0.3) is 0 Å². The van der Waals surface area contributed by atoms with E-state index in [4.69, 9.17) is 5.73 Å². The topological polar surface area (TPSA) is 60.0 Å². The highest BCUT2D eigenvalue weighted by Crippen LogP contribution is 2.23. The fourth-order valence-corrected chi connectivity index (χ4v) is 2.84. The van der Waals surface area contributed by atoms with Crippen molar-refractivity contribution in [3.63, 3.8) is 0 Å². The van der Waals surface area contributed by atoms with Gasteiger partial charge >= 0.3 is 0 Å². The molecule has 0 fully saturated rings. The molecule has 0 aliphatic carbocycles. The summed E-state index contributed by atoms with van der Waals surface area (Å²) in [5.41, 5.74) is 6.82. The van der Waals surface area contributed by atoms with Crippen LogP contribution in [-0.4, -0.2) is 32.8 Å². The average molecular weight is 289 g/mol. The summed E-state index contributed by atoms with van der Waals surface area (Å²) < 4.78 is 15.9. The lowest BCUT2D eigenvalue weighted by atomic mass is 9.94. The molecule has 2 atom stereocenters. The number of halogens is 1. The molecular formula is C15H20FN5. The number of hydrogen-bond acceptors (Lipinski definition) is 4. The number of fused-ring (bicyclic) bond motifs is 1. The van der Waals surface area contributed by atoms with Crippen molar-refractivity contribution in [1.82, 2.24) is 19.7 Å². The van der Waals surface area contributed by atoms with Crippen LogP contribution in [0.3, 0.4) is 0 Å². The summed E-state index contributed by atoms with van der Waals surface area (Å²) in [6, 6.07) is 6.45. The number of rotatable bonds is 4. The Bertz CT molecular complexity index is 612. The molecule has 2 aromatic rings. The van der Waals surface area contributed by atoms with Gasteiger partial charge in [-0.15, -0.1) is 10.2 Å². The molecule has 1 aromatic heterocycles. The molecule has 3 rings (SSSR count). The molecule has 112 valence electrons. The molecule has 0 saturated heterocycles. The van der Waals surface area contributed by atoms with E-state index in [1.807, 2.05) is 6.07 Å². The van der Waals surface area contributed by atoms with Crippen molar-refractivity contribution in [3.8, 4) is 0 Å². The molecule has 1 aromatic carbocycles. The fraction of sp³-hybridized carbons (Fsp3) is 0.467. The van der Waals surface area contributed by atoms with E-state index in [-0.39, 0.29) is 17.8 Å². The van der Waals surface area contributed by atoms with E-state index in [0.29, 0.717) is 5.56 Å². The van der Waals surface area contributed by atoms with Gasteiger partial charge in [0, 0.05) is 31.2 Å². The van der Waals surface area contributed by atoms with E-state index in [9.17, 15) is 4.39 Å². The first-order valence-corrected chi connectivity index (χ1v) is 7.24. The predicted octanol–water partition coefficient (Wildman–Crippen LogP) is 1.57. The molecule has 6 heteroatoms. The summed E-state index contributed by atoms with van der Waals surface area (Å²) >= 11 is 0. The van der Waals surface area contributed by atoms with Gasteiger partial charge in [0.2, 0.25) is 0 Å². The second-order valence-electron chi connectivity index (χ2n) is 5.70. The van der Waals surface area contributed by atoms with Crippen molar-refractivity contribution in [2.24, 2.45) is 11.7 Å². The molecular weight excluding hydrogens is 269 g/mol. The molecule has 2 N–H and O–H groups in total. The Morgan fingerprint density at radius 3 is 2.95 bits per heavy atom. The lowest BCUT2D eigenvalue weighted by Crippen LogP contribution is -2.39. The Morgan fingerprint density at radius 2 is 2.14 bits per heavy atom. The lowest BCUT2D eigenvalue weighted by molar-refractivity contribution is 0.179. The van der Waals surface area contributed by atoms with E-state index >= 15 is 0 Å². The number of benzene rings is 1. The maximum Gasteiger partial charge on any atom is 0.147 e. The Balaban J connectivity index is 1.64. The highest BCUT2D eigenvalue weighted by molar-refractivity contribution is 5.21. The Labute approximate surface area is 123 Å². The third kappa shape index (κ3) is 2.96. The third-order valence-electron chi connectivity index (χ3n) is 4.14. The van der Waals surface area contributed by atoms with Gasteiger partial charge in [-0.2, -0.15) is 0 Å². The van der Waals surface area contributed by atoms with E-state index in [2.05, 4.69) is 26.6 Å². The number of nitrogens with zero attached hydrogens (tertiary/aromatic N) is 4. The van der Waals surface area contributed by atoms with E-state index in [1.165, 1.54) is 6.07 Å². The molecule has 21 heavy (non-hydrogen) atoms. The Morgan fingerprint density at radius 1 is 1.33 bits per heavy atom. The van der Waals surface area contributed by atoms with Gasteiger partial charge in [0.15, 0.2) is 0 Å². The van der Waals surface area contributed by atoms with Gasteiger partial charge in [-0.3, -0.25) is 4.90 Å². The molecule has 0 saturated carbocycles. The van der Waals surface area contributed by atoms with Gasteiger partial charge < -0.3 is 10.3 Å². The molecule has 0 bridgehead atoms. The van der Waals surface area contributed by atoms with Crippen LogP contribution in [0, 0.1) is 11.7 Å². The normalized spacial score (nSPS) is 18.2. The zero-order valence-electron chi connectivity index (χ0n) is 12.1. The van der Waals surface area contributed by atoms with Crippen molar-refractivity contribution in [3.05, 3.63) is 47.8 Å². The molecule has 0 radical (unpaired) electrons. The van der Waals surface area contributed by atoms with Crippen LogP contribution in [0.15, 0.2) is 30.6 Å². The molecule has 0 amide bonds. The van der Waals surface area contributed by atoms with Gasteiger partial charge in [0.05, 0.1) is 6.54 Å². The monoisotopic (exact) mass is 289 g/mol. The Hall–Kier alpha value is -1.79. The van der Waals surface area contributed by atoms with Crippen molar-refractivity contribution in [2.75, 3.05) is 13.1 Å². The minimum Gasteiger partial charge on any atom is -0.324 e. The zero-order chi connectivity index (χ0) is 14.8. The van der Waals surface area contributed by atoms with Crippen LogP contribution < -0.4 is 5.73 Å². The van der Waals surface area contributed by atoms with Crippen molar-refractivity contribution < 1.29 is 4.39 Å². The van der Waals surface area contributed by atoms with Crippen molar-refractivity contribution in [2.45, 2.75) is 26.1 Å². The summed E-state index contributed by atoms with van der Waals surface area (Å²) in [4.78, 5) is 2.30. The lowest BCUT2D eigenvalue weighted by Gasteiger charge is -2.31. The SMILES string of the molecule is CC(CN1CCn2cnnc2C1)C(N)c1ccccc1F. The van der Waals surface area contributed by atoms with E-state index in [0.717, 1.165) is 32.0 Å². The summed E-state index contributed by atoms with van der Waals surface area (Å²) in [5.74, 6) is 0.916. The van der Waals surface area contributed by atoms with Crippen LogP contribution in [0.4, 0.5) is 4.39 Å². The van der Waals surface area contributed by atoms with Crippen LogP contribution in [0.1, 0.15) is 24.4 Å². The zero-order valence-corrected chi connectivity index (χ0v) is 12.1. The maximum absolute atomic E-state index is 13.8. The first-order valence-electron chi connectivity index (χ1n) is 7.24. The number of aromatic nitrogens is 3. The first kappa shape index (κ1) is 14.2. The number of hydrogen-bond donors (Lipinski definition) is 1. The maximum atomic E-state index is 13.8. The van der Waals surface area contributed by atoms with Crippen LogP contribution in [0.2, 0.25) is 0 Å². The van der Waals surface area contributed by atoms with Crippen LogP contribution in [0.5, 0.6) is 0 Å². The molecule has 5 nitrogen and oxygen atoms in total. The first-order chi connectivity index (χ1) is 10.1. The summed E-state index contributed by atoms with van der Waals surface area (Å²) in [5, 5.41) is 8.04. The van der Waals surface area contributed by atoms with Gasteiger partial charge in [-0.05, 0) is 12.0 Å². The smallest absolute Gasteiger partial charge is 0.147 e. The predicted molar refractivity (Wildman–Crippen MR) is 77.8 cm³/mol. The van der Waals surface area contributed by atoms with Crippen LogP contribution >= 0.6 is 0 Å². The third-order valence-corrected chi connectivity index (χ3v) is 4.14. The van der Waals surface area contributed by atoms with Crippen molar-refractivity contribution in [1.29, 1.82) is 0 Å². The molecule has 2 heterocycles. The second kappa shape index (κ2) is 5.91. The molecule has 0 spiro atoms. The van der Waals surface area contributed by atoms with Gasteiger partial charge in [-0.1, -0.05) is 25.1 Å². The van der Waals surface area contributed by atoms with Gasteiger partial charge in [0.1, 0.15) is 18.0 Å². The van der Waals surface area contributed by atoms with E-state index in [1.54, 1.807) is 18.5 Å². The van der Waals surface area contributed by atoms with Gasteiger partial charge in [-0.25, -0.2) is 4.39 Å². The quantitative estimate of drug-likeness (QED) is 0.928. The molecule has 1 aliphatic heterocycles. The van der Waals surface area contributed by atoms with Crippen LogP contribution in [-0.2, 0) is 13.1 Å². The largest absolute Gasteiger partial charge is 0.324 e. The standard InChI is InChI=1S/C15H20FN5/c1-11(15(17)12-4-2-3-5-13(12)16)8-20-6-7-21-10-18-19-14(21)9-20/h2-5,10-11,15H,6-9,17H2,1H3. The van der Waals surface area contributed by atoms with Gasteiger partial charge in [0.25, 0.3) is 0 Å². The van der Waals surface area contributed by atoms with E-state index < -0.39 is 0 Å². The summed E-state index contributed by atoms with van der Waals surface area (Å²) in [6.07, 6.45) is 1.77.